The molecule has 3 aromatic carbocycles. The largest absolute Gasteiger partial charge is 0.452 e. The molecule has 0 aliphatic rings. The van der Waals surface area contributed by atoms with E-state index in [1.807, 2.05) is 30.3 Å². The Labute approximate surface area is 197 Å². The number of carbonyl (C=O) groups is 2. The van der Waals surface area contributed by atoms with E-state index in [2.05, 4.69) is 10.0 Å². The summed E-state index contributed by atoms with van der Waals surface area (Å²) in [5, 5.41) is 3.30. The summed E-state index contributed by atoms with van der Waals surface area (Å²) in [6.07, 6.45) is 0.604. The van der Waals surface area contributed by atoms with Crippen LogP contribution in [0.1, 0.15) is 21.5 Å². The zero-order valence-corrected chi connectivity index (χ0v) is 19.2. The van der Waals surface area contributed by atoms with Crippen LogP contribution in [0.25, 0.3) is 0 Å². The molecule has 0 heterocycles. The lowest BCUT2D eigenvalue weighted by molar-refractivity contribution is -0.124. The van der Waals surface area contributed by atoms with Crippen LogP contribution in [0.2, 0.25) is 5.02 Å². The molecule has 2 N–H and O–H groups in total. The van der Waals surface area contributed by atoms with Gasteiger partial charge in [0.2, 0.25) is 10.0 Å². The van der Waals surface area contributed by atoms with Gasteiger partial charge in [-0.3, -0.25) is 4.79 Å². The van der Waals surface area contributed by atoms with Crippen molar-refractivity contribution in [2.75, 3.05) is 13.2 Å². The van der Waals surface area contributed by atoms with E-state index in [1.54, 1.807) is 24.3 Å². The monoisotopic (exact) mass is 486 g/mol. The van der Waals surface area contributed by atoms with Gasteiger partial charge in [-0.15, -0.1) is 0 Å². The van der Waals surface area contributed by atoms with Crippen LogP contribution in [-0.2, 0) is 32.5 Å². The number of esters is 1. The molecule has 7 nitrogen and oxygen atoms in total. The van der Waals surface area contributed by atoms with E-state index in [4.69, 9.17) is 16.3 Å². The number of hydrogen-bond acceptors (Lipinski definition) is 5. The molecule has 9 heteroatoms. The first kappa shape index (κ1) is 24.4. The lowest BCUT2D eigenvalue weighted by Gasteiger charge is -2.09. The van der Waals surface area contributed by atoms with Crippen LogP contribution < -0.4 is 10.0 Å². The Balaban J connectivity index is 1.49. The number of hydrogen-bond donors (Lipinski definition) is 2. The quantitative estimate of drug-likeness (QED) is 0.428. The third-order valence-electron chi connectivity index (χ3n) is 4.67. The normalized spacial score (nSPS) is 11.1. The molecule has 0 saturated carbocycles. The van der Waals surface area contributed by atoms with Gasteiger partial charge in [0.1, 0.15) is 0 Å². The van der Waals surface area contributed by atoms with Crippen molar-refractivity contribution in [3.63, 3.8) is 0 Å². The minimum Gasteiger partial charge on any atom is -0.452 e. The van der Waals surface area contributed by atoms with Crippen molar-refractivity contribution in [2.24, 2.45) is 0 Å². The fraction of sp³-hybridized carbons (Fsp3) is 0.167. The topological polar surface area (TPSA) is 102 Å². The lowest BCUT2D eigenvalue weighted by Crippen LogP contribution is -2.30. The van der Waals surface area contributed by atoms with Gasteiger partial charge in [0, 0.05) is 18.1 Å². The van der Waals surface area contributed by atoms with Crippen LogP contribution in [0, 0.1) is 0 Å². The minimum absolute atomic E-state index is 0.0338. The summed E-state index contributed by atoms with van der Waals surface area (Å²) < 4.78 is 32.6. The van der Waals surface area contributed by atoms with Gasteiger partial charge in [0.25, 0.3) is 5.91 Å². The summed E-state index contributed by atoms with van der Waals surface area (Å²) in [7, 11) is -3.83. The number of sulfonamides is 1. The molecule has 0 atom stereocenters. The number of rotatable bonds is 10. The maximum atomic E-state index is 12.6. The van der Waals surface area contributed by atoms with Crippen molar-refractivity contribution < 1.29 is 22.7 Å². The number of benzene rings is 3. The van der Waals surface area contributed by atoms with E-state index >= 15 is 0 Å². The van der Waals surface area contributed by atoms with E-state index in [0.717, 1.165) is 11.1 Å². The molecule has 3 aromatic rings. The fourth-order valence-corrected chi connectivity index (χ4v) is 4.10. The second kappa shape index (κ2) is 11.6. The van der Waals surface area contributed by atoms with E-state index in [-0.39, 0.29) is 17.0 Å². The average Bonchev–Trinajstić information content (AvgIpc) is 2.83. The molecule has 33 heavy (non-hydrogen) atoms. The molecule has 3 rings (SSSR count). The van der Waals surface area contributed by atoms with Crippen molar-refractivity contribution in [3.8, 4) is 0 Å². The molecule has 0 aliphatic carbocycles. The molecular formula is C24H23ClN2O5S. The summed E-state index contributed by atoms with van der Waals surface area (Å²) >= 11 is 5.84. The van der Waals surface area contributed by atoms with E-state index in [1.165, 1.54) is 24.3 Å². The number of nitrogens with one attached hydrogen (secondary N) is 2. The van der Waals surface area contributed by atoms with Gasteiger partial charge in [-0.05, 0) is 47.9 Å². The molecule has 0 fully saturated rings. The second-order valence-electron chi connectivity index (χ2n) is 7.14. The lowest BCUT2D eigenvalue weighted by atomic mass is 10.1. The first-order valence-electron chi connectivity index (χ1n) is 10.2. The maximum Gasteiger partial charge on any atom is 0.338 e. The molecule has 0 unspecified atom stereocenters. The van der Waals surface area contributed by atoms with Crippen LogP contribution in [-0.4, -0.2) is 33.4 Å². The van der Waals surface area contributed by atoms with Crippen molar-refractivity contribution in [1.29, 1.82) is 0 Å². The minimum atomic E-state index is -3.83. The standard InChI is InChI=1S/C24H23ClN2O5S/c25-21-11-9-18(10-12-21)13-14-26-23(28)17-32-24(29)20-7-4-8-22(15-20)33(30,31)27-16-19-5-2-1-3-6-19/h1-12,15,27H,13-14,16-17H2,(H,26,28). The number of halogens is 1. The molecule has 0 saturated heterocycles. The first-order valence-corrected chi connectivity index (χ1v) is 12.0. The van der Waals surface area contributed by atoms with E-state index in [9.17, 15) is 18.0 Å². The Morgan fingerprint density at radius 1 is 0.879 bits per heavy atom. The molecule has 0 bridgehead atoms. The Morgan fingerprint density at radius 2 is 1.61 bits per heavy atom. The predicted molar refractivity (Wildman–Crippen MR) is 125 cm³/mol. The Kier molecular flexibility index (Phi) is 8.59. The molecule has 172 valence electrons. The number of amides is 1. The van der Waals surface area contributed by atoms with Crippen molar-refractivity contribution in [3.05, 3.63) is 101 Å². The molecular weight excluding hydrogens is 464 g/mol. The predicted octanol–water partition coefficient (Wildman–Crippen LogP) is 3.33. The Hall–Kier alpha value is -3.20. The van der Waals surface area contributed by atoms with Crippen LogP contribution in [0.3, 0.4) is 0 Å². The third kappa shape index (κ3) is 7.71. The van der Waals surface area contributed by atoms with Crippen molar-refractivity contribution in [2.45, 2.75) is 17.9 Å². The molecule has 0 spiro atoms. The maximum absolute atomic E-state index is 12.6. The van der Waals surface area contributed by atoms with Crippen LogP contribution in [0.4, 0.5) is 0 Å². The highest BCUT2D eigenvalue weighted by Gasteiger charge is 2.17. The van der Waals surface area contributed by atoms with Crippen LogP contribution >= 0.6 is 11.6 Å². The summed E-state index contributed by atoms with van der Waals surface area (Å²) in [6, 6.07) is 21.8. The van der Waals surface area contributed by atoms with E-state index in [0.29, 0.717) is 18.0 Å². The van der Waals surface area contributed by atoms with Crippen LogP contribution in [0.15, 0.2) is 83.8 Å². The van der Waals surface area contributed by atoms with Gasteiger partial charge in [0.15, 0.2) is 6.61 Å². The summed E-state index contributed by atoms with van der Waals surface area (Å²) in [6.45, 7) is 0.0234. The van der Waals surface area contributed by atoms with Crippen molar-refractivity contribution >= 4 is 33.5 Å². The summed E-state index contributed by atoms with van der Waals surface area (Å²) in [5.74, 6) is -1.24. The second-order valence-corrected chi connectivity index (χ2v) is 9.34. The van der Waals surface area contributed by atoms with Crippen LogP contribution in [0.5, 0.6) is 0 Å². The molecule has 0 aromatic heterocycles. The highest BCUT2D eigenvalue weighted by Crippen LogP contribution is 2.13. The van der Waals surface area contributed by atoms with Gasteiger partial charge in [-0.2, -0.15) is 0 Å². The summed E-state index contributed by atoms with van der Waals surface area (Å²) in [4.78, 5) is 24.2. The SMILES string of the molecule is O=C(COC(=O)c1cccc(S(=O)(=O)NCc2ccccc2)c1)NCCc1ccc(Cl)cc1. The van der Waals surface area contributed by atoms with Gasteiger partial charge in [-0.1, -0.05) is 60.1 Å². The van der Waals surface area contributed by atoms with Gasteiger partial charge < -0.3 is 10.1 Å². The zero-order valence-electron chi connectivity index (χ0n) is 17.7. The van der Waals surface area contributed by atoms with E-state index < -0.39 is 28.5 Å². The Morgan fingerprint density at radius 3 is 2.33 bits per heavy atom. The third-order valence-corrected chi connectivity index (χ3v) is 6.32. The summed E-state index contributed by atoms with van der Waals surface area (Å²) in [5.41, 5.74) is 1.85. The molecule has 1 amide bonds. The van der Waals surface area contributed by atoms with Gasteiger partial charge >= 0.3 is 5.97 Å². The number of ether oxygens (including phenoxy) is 1. The Bertz CT molecular complexity index is 1200. The molecule has 0 radical (unpaired) electrons. The highest BCUT2D eigenvalue weighted by molar-refractivity contribution is 7.89. The highest BCUT2D eigenvalue weighted by atomic mass is 35.5. The van der Waals surface area contributed by atoms with Crippen molar-refractivity contribution in [1.82, 2.24) is 10.0 Å². The van der Waals surface area contributed by atoms with Gasteiger partial charge in [0.05, 0.1) is 10.5 Å². The number of carbonyl (C=O) groups excluding carboxylic acids is 2. The molecule has 0 aliphatic heterocycles. The smallest absolute Gasteiger partial charge is 0.338 e. The zero-order chi connectivity index (χ0) is 23.7. The first-order chi connectivity index (χ1) is 15.8. The fourth-order valence-electron chi connectivity index (χ4n) is 2.91. The average molecular weight is 487 g/mol. The van der Waals surface area contributed by atoms with Gasteiger partial charge in [-0.25, -0.2) is 17.9 Å².